The average molecular weight is 263 g/mol. The van der Waals surface area contributed by atoms with E-state index in [1.807, 2.05) is 19.2 Å². The highest BCUT2D eigenvalue weighted by Gasteiger charge is 2.36. The molecule has 0 spiro atoms. The van der Waals surface area contributed by atoms with Gasteiger partial charge < -0.3 is 10.1 Å². The summed E-state index contributed by atoms with van der Waals surface area (Å²) in [5, 5.41) is 3.26. The van der Waals surface area contributed by atoms with Crippen molar-refractivity contribution in [3.05, 3.63) is 29.8 Å². The molecule has 0 amide bonds. The molecule has 0 bridgehead atoms. The van der Waals surface area contributed by atoms with E-state index in [1.165, 1.54) is 5.56 Å². The fraction of sp³-hybridized carbons (Fsp3) is 0.600. The summed E-state index contributed by atoms with van der Waals surface area (Å²) >= 11 is 0. The van der Waals surface area contributed by atoms with Gasteiger partial charge in [-0.15, -0.1) is 0 Å². The van der Waals surface area contributed by atoms with E-state index in [9.17, 15) is 0 Å². The Labute approximate surface area is 115 Å². The molecule has 0 radical (unpaired) electrons. The van der Waals surface area contributed by atoms with E-state index in [4.69, 9.17) is 4.74 Å². The van der Waals surface area contributed by atoms with Crippen molar-refractivity contribution in [2.75, 3.05) is 13.6 Å². The third-order valence-electron chi connectivity index (χ3n) is 3.87. The van der Waals surface area contributed by atoms with Crippen LogP contribution in [-0.4, -0.2) is 31.8 Å². The van der Waals surface area contributed by atoms with Crippen LogP contribution in [0.15, 0.2) is 24.3 Å². The van der Waals surface area contributed by atoms with Crippen molar-refractivity contribution in [3.8, 4) is 5.75 Å². The van der Waals surface area contributed by atoms with Gasteiger partial charge in [0, 0.05) is 18.5 Å². The first kappa shape index (κ1) is 14.3. The SMILES string of the molecule is CNCC1C(C)NNC1C(C)Oc1ccc(C)cc1. The van der Waals surface area contributed by atoms with Gasteiger partial charge in [0.15, 0.2) is 0 Å². The number of benzene rings is 1. The zero-order valence-corrected chi connectivity index (χ0v) is 12.2. The van der Waals surface area contributed by atoms with Crippen LogP contribution < -0.4 is 20.9 Å². The van der Waals surface area contributed by atoms with E-state index in [-0.39, 0.29) is 6.10 Å². The van der Waals surface area contributed by atoms with E-state index in [2.05, 4.69) is 49.1 Å². The predicted molar refractivity (Wildman–Crippen MR) is 78.2 cm³/mol. The van der Waals surface area contributed by atoms with Gasteiger partial charge in [-0.2, -0.15) is 0 Å². The minimum Gasteiger partial charge on any atom is -0.489 e. The zero-order valence-electron chi connectivity index (χ0n) is 12.2. The monoisotopic (exact) mass is 263 g/mol. The maximum Gasteiger partial charge on any atom is 0.119 e. The van der Waals surface area contributed by atoms with Crippen LogP contribution in [0.3, 0.4) is 0 Å². The first-order valence-electron chi connectivity index (χ1n) is 7.01. The normalized spacial score (nSPS) is 28.3. The van der Waals surface area contributed by atoms with Gasteiger partial charge in [0.25, 0.3) is 0 Å². The van der Waals surface area contributed by atoms with Gasteiger partial charge >= 0.3 is 0 Å². The molecule has 1 aromatic rings. The quantitative estimate of drug-likeness (QED) is 0.753. The van der Waals surface area contributed by atoms with Gasteiger partial charge in [-0.3, -0.25) is 10.9 Å². The molecule has 3 N–H and O–H groups in total. The first-order valence-corrected chi connectivity index (χ1v) is 7.01. The van der Waals surface area contributed by atoms with Crippen LogP contribution in [-0.2, 0) is 0 Å². The Morgan fingerprint density at radius 1 is 1.26 bits per heavy atom. The van der Waals surface area contributed by atoms with Crippen LogP contribution in [0, 0.1) is 12.8 Å². The molecule has 4 heteroatoms. The van der Waals surface area contributed by atoms with E-state index < -0.39 is 0 Å². The average Bonchev–Trinajstić information content (AvgIpc) is 2.75. The number of aryl methyl sites for hydroxylation is 1. The lowest BCUT2D eigenvalue weighted by molar-refractivity contribution is 0.153. The van der Waals surface area contributed by atoms with Crippen LogP contribution in [0.25, 0.3) is 0 Å². The summed E-state index contributed by atoms with van der Waals surface area (Å²) in [4.78, 5) is 0. The summed E-state index contributed by atoms with van der Waals surface area (Å²) in [6.07, 6.45) is 0.124. The smallest absolute Gasteiger partial charge is 0.119 e. The van der Waals surface area contributed by atoms with E-state index in [1.54, 1.807) is 0 Å². The largest absolute Gasteiger partial charge is 0.489 e. The fourth-order valence-electron chi connectivity index (χ4n) is 2.66. The van der Waals surface area contributed by atoms with E-state index >= 15 is 0 Å². The van der Waals surface area contributed by atoms with Gasteiger partial charge in [-0.1, -0.05) is 17.7 Å². The third-order valence-corrected chi connectivity index (χ3v) is 3.87. The summed E-state index contributed by atoms with van der Waals surface area (Å²) in [6, 6.07) is 8.98. The van der Waals surface area contributed by atoms with Crippen molar-refractivity contribution >= 4 is 0 Å². The van der Waals surface area contributed by atoms with Crippen LogP contribution in [0.4, 0.5) is 0 Å². The van der Waals surface area contributed by atoms with Crippen LogP contribution in [0.1, 0.15) is 19.4 Å². The zero-order chi connectivity index (χ0) is 13.8. The van der Waals surface area contributed by atoms with Crippen molar-refractivity contribution < 1.29 is 4.74 Å². The van der Waals surface area contributed by atoms with E-state index in [0.717, 1.165) is 12.3 Å². The molecule has 1 aromatic carbocycles. The second-order valence-corrected chi connectivity index (χ2v) is 5.46. The highest BCUT2D eigenvalue weighted by molar-refractivity contribution is 5.26. The second kappa shape index (κ2) is 6.37. The number of hydrazine groups is 1. The molecular weight excluding hydrogens is 238 g/mol. The van der Waals surface area contributed by atoms with Gasteiger partial charge in [0.1, 0.15) is 11.9 Å². The summed E-state index contributed by atoms with van der Waals surface area (Å²) in [5.41, 5.74) is 7.92. The van der Waals surface area contributed by atoms with Gasteiger partial charge in [0.2, 0.25) is 0 Å². The molecule has 1 fully saturated rings. The lowest BCUT2D eigenvalue weighted by Crippen LogP contribution is -2.45. The van der Waals surface area contributed by atoms with Crippen molar-refractivity contribution in [1.82, 2.24) is 16.2 Å². The van der Waals surface area contributed by atoms with E-state index in [0.29, 0.717) is 18.0 Å². The fourth-order valence-corrected chi connectivity index (χ4v) is 2.66. The van der Waals surface area contributed by atoms with Crippen molar-refractivity contribution in [2.45, 2.75) is 39.0 Å². The molecule has 2 rings (SSSR count). The standard InChI is InChI=1S/C15H25N3O/c1-10-5-7-13(8-6-10)19-12(3)15-14(9-16-4)11(2)17-18-15/h5-8,11-12,14-18H,9H2,1-4H3. The number of ether oxygens (including phenoxy) is 1. The Bertz CT molecular complexity index is 393. The first-order chi connectivity index (χ1) is 9.11. The highest BCUT2D eigenvalue weighted by Crippen LogP contribution is 2.21. The van der Waals surface area contributed by atoms with Crippen molar-refractivity contribution in [3.63, 3.8) is 0 Å². The molecule has 1 heterocycles. The number of rotatable bonds is 5. The van der Waals surface area contributed by atoms with Gasteiger partial charge in [-0.25, -0.2) is 0 Å². The summed E-state index contributed by atoms with van der Waals surface area (Å²) < 4.78 is 6.05. The molecule has 4 unspecified atom stereocenters. The molecule has 106 valence electrons. The second-order valence-electron chi connectivity index (χ2n) is 5.46. The highest BCUT2D eigenvalue weighted by atomic mass is 16.5. The summed E-state index contributed by atoms with van der Waals surface area (Å²) in [5.74, 6) is 1.45. The summed E-state index contributed by atoms with van der Waals surface area (Å²) in [7, 11) is 1.99. The molecule has 19 heavy (non-hydrogen) atoms. The predicted octanol–water partition coefficient (Wildman–Crippen LogP) is 1.46. The molecular formula is C15H25N3O. The number of hydrogen-bond donors (Lipinski definition) is 3. The van der Waals surface area contributed by atoms with Gasteiger partial charge in [0.05, 0.1) is 6.04 Å². The Kier molecular flexibility index (Phi) is 4.80. The molecule has 0 aromatic heterocycles. The molecule has 4 nitrogen and oxygen atoms in total. The van der Waals surface area contributed by atoms with Crippen LogP contribution in [0.2, 0.25) is 0 Å². The number of nitrogens with one attached hydrogen (secondary N) is 3. The number of hydrogen-bond acceptors (Lipinski definition) is 4. The van der Waals surface area contributed by atoms with Crippen molar-refractivity contribution in [2.24, 2.45) is 5.92 Å². The lowest BCUT2D eigenvalue weighted by Gasteiger charge is -2.26. The maximum atomic E-state index is 6.05. The molecule has 1 aliphatic rings. The molecule has 1 aliphatic heterocycles. The van der Waals surface area contributed by atoms with Crippen molar-refractivity contribution in [1.29, 1.82) is 0 Å². The molecule has 0 saturated carbocycles. The third kappa shape index (κ3) is 3.47. The minimum absolute atomic E-state index is 0.124. The maximum absolute atomic E-state index is 6.05. The molecule has 0 aliphatic carbocycles. The molecule has 1 saturated heterocycles. The topological polar surface area (TPSA) is 45.3 Å². The minimum atomic E-state index is 0.124. The molecule has 4 atom stereocenters. The van der Waals surface area contributed by atoms with Crippen LogP contribution in [0.5, 0.6) is 5.75 Å². The Morgan fingerprint density at radius 2 is 1.95 bits per heavy atom. The Balaban J connectivity index is 1.98. The lowest BCUT2D eigenvalue weighted by atomic mass is 9.92. The van der Waals surface area contributed by atoms with Gasteiger partial charge in [-0.05, 0) is 40.0 Å². The summed E-state index contributed by atoms with van der Waals surface area (Å²) in [6.45, 7) is 7.39. The van der Waals surface area contributed by atoms with Crippen LogP contribution >= 0.6 is 0 Å². The Morgan fingerprint density at radius 3 is 2.58 bits per heavy atom. The Hall–Kier alpha value is -1.10.